The molecule has 19 heavy (non-hydrogen) atoms. The Balaban J connectivity index is 2.52. The van der Waals surface area contributed by atoms with E-state index in [2.05, 4.69) is 4.72 Å². The van der Waals surface area contributed by atoms with Gasteiger partial charge in [0.2, 0.25) is 15.9 Å². The van der Waals surface area contributed by atoms with Gasteiger partial charge >= 0.3 is 7.12 Å². The zero-order valence-electron chi connectivity index (χ0n) is 11.2. The second-order valence-electron chi connectivity index (χ2n) is 5.21. The van der Waals surface area contributed by atoms with E-state index in [4.69, 9.17) is 10.0 Å². The van der Waals surface area contributed by atoms with E-state index in [0.717, 1.165) is 0 Å². The Hall–Kier alpha value is -0.635. The summed E-state index contributed by atoms with van der Waals surface area (Å²) < 4.78 is 25.4. The second-order valence-corrected chi connectivity index (χ2v) is 7.06. The molecule has 0 saturated carbocycles. The summed E-state index contributed by atoms with van der Waals surface area (Å²) in [5, 5.41) is 18.3. The molecule has 7 nitrogen and oxygen atoms in total. The van der Waals surface area contributed by atoms with E-state index in [-0.39, 0.29) is 18.2 Å². The molecule has 0 aromatic carbocycles. The first-order valence-electron chi connectivity index (χ1n) is 6.36. The molecule has 0 aliphatic carbocycles. The molecule has 0 bridgehead atoms. The quantitative estimate of drug-likeness (QED) is 0.520. The van der Waals surface area contributed by atoms with Gasteiger partial charge in [-0.2, -0.15) is 0 Å². The van der Waals surface area contributed by atoms with Crippen LogP contribution in [0.1, 0.15) is 26.7 Å². The molecular weight excluding hydrogens is 271 g/mol. The van der Waals surface area contributed by atoms with Gasteiger partial charge in [0.25, 0.3) is 0 Å². The maximum Gasteiger partial charge on any atom is 0.475 e. The zero-order valence-corrected chi connectivity index (χ0v) is 12.1. The molecule has 1 rings (SSSR count). The molecule has 1 heterocycles. The fourth-order valence-electron chi connectivity index (χ4n) is 2.18. The third kappa shape index (κ3) is 5.10. The molecule has 0 radical (unpaired) electrons. The molecule has 9 heteroatoms. The summed E-state index contributed by atoms with van der Waals surface area (Å²) >= 11 is 0. The fraction of sp³-hybridized carbons (Fsp3) is 0.900. The standard InChI is InChI=1S/C10H21BN2O5S/c1-8(2)7-19(17,18)12-6-10(14)13-5-3-4-9(13)11(15)16/h8-9,12,15-16H,3-7H2,1-2H3. The Morgan fingerprint density at radius 1 is 1.47 bits per heavy atom. The van der Waals surface area contributed by atoms with Crippen molar-refractivity contribution in [2.45, 2.75) is 32.6 Å². The van der Waals surface area contributed by atoms with E-state index in [9.17, 15) is 13.2 Å². The maximum absolute atomic E-state index is 11.9. The Morgan fingerprint density at radius 3 is 2.63 bits per heavy atom. The Morgan fingerprint density at radius 2 is 2.11 bits per heavy atom. The average molecular weight is 292 g/mol. The molecule has 1 aliphatic heterocycles. The van der Waals surface area contributed by atoms with Crippen LogP contribution >= 0.6 is 0 Å². The van der Waals surface area contributed by atoms with Gasteiger partial charge in [0, 0.05) is 6.54 Å². The number of sulfonamides is 1. The monoisotopic (exact) mass is 292 g/mol. The second kappa shape index (κ2) is 6.69. The highest BCUT2D eigenvalue weighted by Crippen LogP contribution is 2.17. The zero-order chi connectivity index (χ0) is 14.6. The predicted molar refractivity (Wildman–Crippen MR) is 71.6 cm³/mol. The van der Waals surface area contributed by atoms with Crippen LogP contribution in [0.15, 0.2) is 0 Å². The van der Waals surface area contributed by atoms with E-state index >= 15 is 0 Å². The number of rotatable bonds is 6. The first kappa shape index (κ1) is 16.4. The number of amides is 1. The van der Waals surface area contributed by atoms with Gasteiger partial charge in [0.15, 0.2) is 0 Å². The smallest absolute Gasteiger partial charge is 0.426 e. The first-order valence-corrected chi connectivity index (χ1v) is 8.01. The normalized spacial score (nSPS) is 20.1. The Kier molecular flexibility index (Phi) is 5.78. The molecule has 0 aromatic heterocycles. The summed E-state index contributed by atoms with van der Waals surface area (Å²) in [6.07, 6.45) is 1.20. The summed E-state index contributed by atoms with van der Waals surface area (Å²) in [7, 11) is -5.05. The number of nitrogens with zero attached hydrogens (tertiary/aromatic N) is 1. The molecule has 1 amide bonds. The average Bonchev–Trinajstić information content (AvgIpc) is 2.73. The van der Waals surface area contributed by atoms with Crippen molar-refractivity contribution < 1.29 is 23.3 Å². The summed E-state index contributed by atoms with van der Waals surface area (Å²) in [6, 6.07) is 0. The predicted octanol–water partition coefficient (Wildman–Crippen LogP) is -1.44. The van der Waals surface area contributed by atoms with Crippen LogP contribution in [-0.4, -0.2) is 61.2 Å². The number of nitrogens with one attached hydrogen (secondary N) is 1. The first-order chi connectivity index (χ1) is 8.73. The summed E-state index contributed by atoms with van der Waals surface area (Å²) in [6.45, 7) is 3.64. The van der Waals surface area contributed by atoms with Gasteiger partial charge in [-0.25, -0.2) is 13.1 Å². The minimum absolute atomic E-state index is 0.0219. The van der Waals surface area contributed by atoms with Gasteiger partial charge in [-0.05, 0) is 18.8 Å². The highest BCUT2D eigenvalue weighted by Gasteiger charge is 2.36. The summed E-state index contributed by atoms with van der Waals surface area (Å²) in [5.74, 6) is -1.12. The van der Waals surface area contributed by atoms with Crippen molar-refractivity contribution in [1.82, 2.24) is 9.62 Å². The lowest BCUT2D eigenvalue weighted by molar-refractivity contribution is -0.129. The van der Waals surface area contributed by atoms with E-state index in [1.165, 1.54) is 4.90 Å². The van der Waals surface area contributed by atoms with Gasteiger partial charge in [-0.1, -0.05) is 13.8 Å². The minimum Gasteiger partial charge on any atom is -0.426 e. The van der Waals surface area contributed by atoms with Gasteiger partial charge in [-0.15, -0.1) is 0 Å². The van der Waals surface area contributed by atoms with Crippen molar-refractivity contribution in [1.29, 1.82) is 0 Å². The van der Waals surface area contributed by atoms with Crippen LogP contribution in [0.2, 0.25) is 0 Å². The number of carbonyl (C=O) groups is 1. The van der Waals surface area contributed by atoms with Crippen molar-refractivity contribution in [3.05, 3.63) is 0 Å². The molecular formula is C10H21BN2O5S. The van der Waals surface area contributed by atoms with E-state index in [1.807, 2.05) is 0 Å². The van der Waals surface area contributed by atoms with Crippen molar-refractivity contribution in [2.24, 2.45) is 5.92 Å². The lowest BCUT2D eigenvalue weighted by Gasteiger charge is -2.24. The number of hydrogen-bond acceptors (Lipinski definition) is 5. The molecule has 1 atom stereocenters. The van der Waals surface area contributed by atoms with E-state index in [1.54, 1.807) is 13.8 Å². The summed E-state index contributed by atoms with van der Waals surface area (Å²) in [4.78, 5) is 13.2. The topological polar surface area (TPSA) is 107 Å². The molecule has 0 spiro atoms. The van der Waals surface area contributed by atoms with E-state index in [0.29, 0.717) is 19.4 Å². The highest BCUT2D eigenvalue weighted by atomic mass is 32.2. The Bertz CT molecular complexity index is 412. The fourth-order valence-corrected chi connectivity index (χ4v) is 3.52. The molecule has 0 aromatic rings. The number of likely N-dealkylation sites (tertiary alicyclic amines) is 1. The van der Waals surface area contributed by atoms with Gasteiger partial charge in [0.05, 0.1) is 18.2 Å². The molecule has 1 aliphatic rings. The minimum atomic E-state index is -3.47. The van der Waals surface area contributed by atoms with Crippen LogP contribution in [0.5, 0.6) is 0 Å². The highest BCUT2D eigenvalue weighted by molar-refractivity contribution is 7.89. The van der Waals surface area contributed by atoms with E-state index < -0.39 is 29.0 Å². The van der Waals surface area contributed by atoms with Crippen LogP contribution in [0, 0.1) is 5.92 Å². The third-order valence-electron chi connectivity index (χ3n) is 2.96. The van der Waals surface area contributed by atoms with Gasteiger partial charge in [-0.3, -0.25) is 4.79 Å². The van der Waals surface area contributed by atoms with Crippen LogP contribution < -0.4 is 4.72 Å². The maximum atomic E-state index is 11.9. The van der Waals surface area contributed by atoms with Crippen molar-refractivity contribution in [2.75, 3.05) is 18.8 Å². The molecule has 1 fully saturated rings. The molecule has 110 valence electrons. The molecule has 1 saturated heterocycles. The lowest BCUT2D eigenvalue weighted by Crippen LogP contribution is -2.49. The van der Waals surface area contributed by atoms with Crippen molar-refractivity contribution in [3.63, 3.8) is 0 Å². The number of carbonyl (C=O) groups excluding carboxylic acids is 1. The number of hydrogen-bond donors (Lipinski definition) is 3. The third-order valence-corrected chi connectivity index (χ3v) is 4.65. The Labute approximate surface area is 114 Å². The van der Waals surface area contributed by atoms with Gasteiger partial charge in [0.1, 0.15) is 0 Å². The SMILES string of the molecule is CC(C)CS(=O)(=O)NCC(=O)N1CCCC1B(O)O. The summed E-state index contributed by atoms with van der Waals surface area (Å²) in [5.41, 5.74) is 0. The van der Waals surface area contributed by atoms with Crippen LogP contribution in [0.25, 0.3) is 0 Å². The van der Waals surface area contributed by atoms with Crippen LogP contribution in [-0.2, 0) is 14.8 Å². The molecule has 1 unspecified atom stereocenters. The van der Waals surface area contributed by atoms with Crippen molar-refractivity contribution >= 4 is 23.0 Å². The largest absolute Gasteiger partial charge is 0.475 e. The molecule has 3 N–H and O–H groups in total. The lowest BCUT2D eigenvalue weighted by atomic mass is 9.78. The van der Waals surface area contributed by atoms with Crippen LogP contribution in [0.3, 0.4) is 0 Å². The van der Waals surface area contributed by atoms with Crippen LogP contribution in [0.4, 0.5) is 0 Å². The van der Waals surface area contributed by atoms with Crippen molar-refractivity contribution in [3.8, 4) is 0 Å². The van der Waals surface area contributed by atoms with Gasteiger partial charge < -0.3 is 14.9 Å².